The molecule has 1 aromatic heterocycles. The number of fused-ring (bicyclic) bond motifs is 1. The van der Waals surface area contributed by atoms with Gasteiger partial charge < -0.3 is 19.5 Å². The zero-order valence-corrected chi connectivity index (χ0v) is 17.1. The van der Waals surface area contributed by atoms with Crippen molar-refractivity contribution in [3.63, 3.8) is 0 Å². The first kappa shape index (κ1) is 19.4. The quantitative estimate of drug-likeness (QED) is 0.879. The van der Waals surface area contributed by atoms with Crippen LogP contribution < -0.4 is 0 Å². The van der Waals surface area contributed by atoms with Crippen molar-refractivity contribution in [3.8, 4) is 0 Å². The molecule has 2 saturated heterocycles. The lowest BCUT2D eigenvalue weighted by atomic mass is 9.80. The molecule has 0 radical (unpaired) electrons. The molecule has 0 unspecified atom stereocenters. The summed E-state index contributed by atoms with van der Waals surface area (Å²) >= 11 is 0. The van der Waals surface area contributed by atoms with E-state index in [1.165, 1.54) is 0 Å². The van der Waals surface area contributed by atoms with Crippen LogP contribution in [-0.2, 0) is 4.74 Å². The number of carbonyl (C=O) groups is 1. The molecule has 6 heteroatoms. The van der Waals surface area contributed by atoms with E-state index in [0.717, 1.165) is 81.8 Å². The molecular formula is C22H32N4O2. The first-order valence-electron chi connectivity index (χ1n) is 10.4. The second-order valence-corrected chi connectivity index (χ2v) is 8.74. The lowest BCUT2D eigenvalue weighted by molar-refractivity contribution is 0.00717. The van der Waals surface area contributed by atoms with Crippen molar-refractivity contribution in [2.45, 2.75) is 12.8 Å². The Kier molecular flexibility index (Phi) is 5.71. The van der Waals surface area contributed by atoms with Gasteiger partial charge in [-0.3, -0.25) is 9.69 Å². The largest absolute Gasteiger partial charge is 0.379 e. The smallest absolute Gasteiger partial charge is 0.253 e. The molecule has 2 aliphatic rings. The average Bonchev–Trinajstić information content (AvgIpc) is 3.08. The predicted octanol–water partition coefficient (Wildman–Crippen LogP) is 2.28. The molecule has 1 aromatic carbocycles. The highest BCUT2D eigenvalue weighted by molar-refractivity contribution is 5.98. The Labute approximate surface area is 167 Å². The fraction of sp³-hybridized carbons (Fsp3) is 0.591. The van der Waals surface area contributed by atoms with Crippen LogP contribution in [0.25, 0.3) is 10.9 Å². The summed E-state index contributed by atoms with van der Waals surface area (Å²) in [4.78, 5) is 23.2. The maximum Gasteiger partial charge on any atom is 0.253 e. The number of piperidine rings is 1. The van der Waals surface area contributed by atoms with Crippen molar-refractivity contribution in [2.24, 2.45) is 5.41 Å². The third kappa shape index (κ3) is 4.24. The predicted molar refractivity (Wildman–Crippen MR) is 112 cm³/mol. The summed E-state index contributed by atoms with van der Waals surface area (Å²) in [6.07, 6.45) is 4.09. The molecule has 1 amide bonds. The number of carbonyl (C=O) groups excluding carboxylic acids is 1. The van der Waals surface area contributed by atoms with Crippen LogP contribution >= 0.6 is 0 Å². The number of hydrogen-bond acceptors (Lipinski definition) is 4. The number of aromatic amines is 1. The van der Waals surface area contributed by atoms with E-state index >= 15 is 0 Å². The molecule has 3 heterocycles. The van der Waals surface area contributed by atoms with Crippen molar-refractivity contribution >= 4 is 16.8 Å². The minimum Gasteiger partial charge on any atom is -0.379 e. The number of amides is 1. The second-order valence-electron chi connectivity index (χ2n) is 8.74. The molecule has 28 heavy (non-hydrogen) atoms. The van der Waals surface area contributed by atoms with Gasteiger partial charge in [0.1, 0.15) is 0 Å². The van der Waals surface area contributed by atoms with Gasteiger partial charge in [0.05, 0.1) is 13.2 Å². The molecule has 152 valence electrons. The van der Waals surface area contributed by atoms with E-state index in [1.54, 1.807) is 0 Å². The number of benzene rings is 1. The summed E-state index contributed by atoms with van der Waals surface area (Å²) in [6, 6.07) is 7.96. The van der Waals surface area contributed by atoms with Crippen LogP contribution in [0.3, 0.4) is 0 Å². The van der Waals surface area contributed by atoms with Crippen molar-refractivity contribution in [1.82, 2.24) is 19.7 Å². The number of H-pyrrole nitrogens is 1. The number of likely N-dealkylation sites (N-methyl/N-ethyl adjacent to an activating group) is 1. The number of likely N-dealkylation sites (tertiary alicyclic amines) is 1. The van der Waals surface area contributed by atoms with Crippen LogP contribution in [-0.4, -0.2) is 92.2 Å². The van der Waals surface area contributed by atoms with Crippen LogP contribution in [0.4, 0.5) is 0 Å². The molecule has 1 spiro atoms. The molecular weight excluding hydrogens is 352 g/mol. The lowest BCUT2D eigenvalue weighted by Crippen LogP contribution is -2.52. The Morgan fingerprint density at radius 2 is 2.14 bits per heavy atom. The highest BCUT2D eigenvalue weighted by Crippen LogP contribution is 2.33. The number of nitrogens with one attached hydrogen (secondary N) is 1. The lowest BCUT2D eigenvalue weighted by Gasteiger charge is -2.43. The van der Waals surface area contributed by atoms with Gasteiger partial charge in [-0.1, -0.05) is 0 Å². The summed E-state index contributed by atoms with van der Waals surface area (Å²) in [7, 11) is 4.23. The Morgan fingerprint density at radius 1 is 1.25 bits per heavy atom. The standard InChI is InChI=1S/C22H32N4O2/c1-24(2)10-11-25-12-13-28-17-22(15-25)7-3-9-26(16-22)21(27)19-4-5-20-18(14-19)6-8-23-20/h4-6,8,14,23H,3,7,9-13,15-17H2,1-2H3/t22-/m1/s1. The number of hydrogen-bond donors (Lipinski definition) is 1. The zero-order valence-electron chi connectivity index (χ0n) is 17.1. The first-order valence-corrected chi connectivity index (χ1v) is 10.4. The van der Waals surface area contributed by atoms with Crippen LogP contribution in [0.15, 0.2) is 30.5 Å². The Hall–Kier alpha value is -1.89. The molecule has 1 N–H and O–H groups in total. The van der Waals surface area contributed by atoms with Gasteiger partial charge in [0.2, 0.25) is 0 Å². The number of rotatable bonds is 4. The van der Waals surface area contributed by atoms with Gasteiger partial charge in [0.15, 0.2) is 0 Å². The third-order valence-corrected chi connectivity index (χ3v) is 6.13. The zero-order chi connectivity index (χ0) is 19.6. The Bertz CT molecular complexity index is 818. The highest BCUT2D eigenvalue weighted by atomic mass is 16.5. The maximum absolute atomic E-state index is 13.2. The highest BCUT2D eigenvalue weighted by Gasteiger charge is 2.40. The van der Waals surface area contributed by atoms with Crippen molar-refractivity contribution in [2.75, 3.05) is 66.6 Å². The first-order chi connectivity index (χ1) is 13.5. The van der Waals surface area contributed by atoms with Gasteiger partial charge in [-0.05, 0) is 51.2 Å². The van der Waals surface area contributed by atoms with Gasteiger partial charge in [-0.15, -0.1) is 0 Å². The van der Waals surface area contributed by atoms with E-state index in [0.29, 0.717) is 0 Å². The topological polar surface area (TPSA) is 51.8 Å². The summed E-state index contributed by atoms with van der Waals surface area (Å²) in [5.74, 6) is 0.145. The normalized spacial score (nSPS) is 24.2. The molecule has 2 fully saturated rings. The number of nitrogens with zero attached hydrogens (tertiary/aromatic N) is 3. The molecule has 2 aliphatic heterocycles. The average molecular weight is 385 g/mol. The van der Waals surface area contributed by atoms with E-state index in [4.69, 9.17) is 4.74 Å². The SMILES string of the molecule is CN(C)CCN1CCOC[C@]2(CCCN(C(=O)c3ccc4[nH]ccc4c3)C2)C1. The fourth-order valence-electron chi connectivity index (χ4n) is 4.61. The molecule has 6 nitrogen and oxygen atoms in total. The molecule has 0 saturated carbocycles. The second kappa shape index (κ2) is 8.23. The van der Waals surface area contributed by atoms with Gasteiger partial charge in [0.25, 0.3) is 5.91 Å². The summed E-state index contributed by atoms with van der Waals surface area (Å²) < 4.78 is 6.01. The Morgan fingerprint density at radius 3 is 3.00 bits per heavy atom. The number of aromatic nitrogens is 1. The maximum atomic E-state index is 13.2. The molecule has 0 bridgehead atoms. The molecule has 1 atom stereocenters. The monoisotopic (exact) mass is 384 g/mol. The van der Waals surface area contributed by atoms with E-state index in [9.17, 15) is 4.79 Å². The number of ether oxygens (including phenoxy) is 1. The van der Waals surface area contributed by atoms with Crippen LogP contribution in [0.2, 0.25) is 0 Å². The molecule has 0 aliphatic carbocycles. The minimum atomic E-state index is 0.0505. The van der Waals surface area contributed by atoms with Gasteiger partial charge >= 0.3 is 0 Å². The van der Waals surface area contributed by atoms with E-state index in [2.05, 4.69) is 33.8 Å². The van der Waals surface area contributed by atoms with Crippen molar-refractivity contribution in [1.29, 1.82) is 0 Å². The minimum absolute atomic E-state index is 0.0505. The van der Waals surface area contributed by atoms with Gasteiger partial charge in [0, 0.05) is 67.3 Å². The molecule has 4 rings (SSSR count). The van der Waals surface area contributed by atoms with Crippen LogP contribution in [0, 0.1) is 5.41 Å². The van der Waals surface area contributed by atoms with E-state index in [-0.39, 0.29) is 11.3 Å². The van der Waals surface area contributed by atoms with Crippen molar-refractivity contribution in [3.05, 3.63) is 36.0 Å². The summed E-state index contributed by atoms with van der Waals surface area (Å²) in [5.41, 5.74) is 1.90. The van der Waals surface area contributed by atoms with E-state index < -0.39 is 0 Å². The van der Waals surface area contributed by atoms with Gasteiger partial charge in [-0.2, -0.15) is 0 Å². The molecule has 2 aromatic rings. The third-order valence-electron chi connectivity index (χ3n) is 6.13. The summed E-state index contributed by atoms with van der Waals surface area (Å²) in [6.45, 7) is 7.26. The summed E-state index contributed by atoms with van der Waals surface area (Å²) in [5, 5.41) is 1.09. The van der Waals surface area contributed by atoms with Gasteiger partial charge in [-0.25, -0.2) is 0 Å². The van der Waals surface area contributed by atoms with Crippen LogP contribution in [0.5, 0.6) is 0 Å². The van der Waals surface area contributed by atoms with Crippen LogP contribution in [0.1, 0.15) is 23.2 Å². The van der Waals surface area contributed by atoms with E-state index in [1.807, 2.05) is 30.5 Å². The Balaban J connectivity index is 1.48. The fourth-order valence-corrected chi connectivity index (χ4v) is 4.61. The van der Waals surface area contributed by atoms with Crippen molar-refractivity contribution < 1.29 is 9.53 Å².